The number of benzene rings is 2. The van der Waals surface area contributed by atoms with E-state index in [9.17, 15) is 5.73 Å². The molecule has 0 amide bonds. The van der Waals surface area contributed by atoms with Gasteiger partial charge in [-0.15, -0.1) is 0 Å². The zero-order valence-corrected chi connectivity index (χ0v) is 12.3. The smallest absolute Gasteiger partial charge is 0.0184 e. The van der Waals surface area contributed by atoms with Crippen LogP contribution in [-0.4, -0.2) is 22.3 Å². The summed E-state index contributed by atoms with van der Waals surface area (Å²) >= 11 is -3.01. The molecule has 0 unspecified atom stereocenters. The first-order valence-electron chi connectivity index (χ1n) is 4.61. The number of hydrogen-bond donors (Lipinski definition) is 0. The van der Waals surface area contributed by atoms with Crippen molar-refractivity contribution in [3.63, 3.8) is 0 Å². The maximum Gasteiger partial charge on any atom is -0.0184 e. The Morgan fingerprint density at radius 1 is 0.600 bits per heavy atom. The van der Waals surface area contributed by atoms with Crippen LogP contribution in [0.2, 0.25) is 0 Å². The van der Waals surface area contributed by atoms with Crippen LogP contribution in [0.3, 0.4) is 0 Å². The summed E-state index contributed by atoms with van der Waals surface area (Å²) in [5.74, 6) is 0. The summed E-state index contributed by atoms with van der Waals surface area (Å²) in [7, 11) is 0. The Hall–Kier alpha value is -0.901. The summed E-state index contributed by atoms with van der Waals surface area (Å²) in [5, 5.41) is 0. The molecule has 0 saturated heterocycles. The van der Waals surface area contributed by atoms with E-state index in [0.717, 1.165) is 0 Å². The summed E-state index contributed by atoms with van der Waals surface area (Å²) in [6, 6.07) is 20.8. The van der Waals surface area contributed by atoms with E-state index in [4.69, 9.17) is 0 Å². The van der Waals surface area contributed by atoms with E-state index in [1.807, 2.05) is 12.1 Å². The third-order valence-electron chi connectivity index (χ3n) is 1.88. The van der Waals surface area contributed by atoms with Crippen molar-refractivity contribution in [2.24, 2.45) is 0 Å². The molecule has 0 radical (unpaired) electrons. The second kappa shape index (κ2) is 7.40. The fourth-order valence-electron chi connectivity index (χ4n) is 1.26. The Morgan fingerprint density at radius 3 is 1.13 bits per heavy atom. The van der Waals surface area contributed by atoms with Crippen LogP contribution in [0.4, 0.5) is 5.73 Å². The predicted molar refractivity (Wildman–Crippen MR) is 62.6 cm³/mol. The molecule has 0 aliphatic carbocycles. The molecular formula is C12H12F2Sn. The first kappa shape index (κ1) is 12.2. The second-order valence-electron chi connectivity index (χ2n) is 2.83. The van der Waals surface area contributed by atoms with Crippen LogP contribution >= 0.6 is 0 Å². The normalized spacial score (nSPS) is 8.93. The average molecular weight is 313 g/mol. The summed E-state index contributed by atoms with van der Waals surface area (Å²) in [5.41, 5.74) is 2.55. The molecule has 2 aromatic carbocycles. The van der Waals surface area contributed by atoms with Crippen LogP contribution in [0.1, 0.15) is 0 Å². The second-order valence-corrected chi connectivity index (χ2v) is 3.41. The monoisotopic (exact) mass is 314 g/mol. The zero-order valence-electron chi connectivity index (χ0n) is 8.24. The molecule has 0 heterocycles. The van der Waals surface area contributed by atoms with Gasteiger partial charge in [0.25, 0.3) is 0 Å². The van der Waals surface area contributed by atoms with E-state index >= 15 is 0 Å². The minimum atomic E-state index is -3.01. The molecule has 0 spiro atoms. The van der Waals surface area contributed by atoms with E-state index in [1.54, 1.807) is 0 Å². The van der Waals surface area contributed by atoms with Gasteiger partial charge in [-0.2, -0.15) is 0 Å². The predicted octanol–water partition coefficient (Wildman–Crippen LogP) is 3.28. The molecule has 0 bridgehead atoms. The zero-order chi connectivity index (χ0) is 10.9. The summed E-state index contributed by atoms with van der Waals surface area (Å²) in [4.78, 5) is 0. The van der Waals surface area contributed by atoms with Gasteiger partial charge in [0, 0.05) is 0 Å². The minimum Gasteiger partial charge on any atom is -0.0622 e. The summed E-state index contributed by atoms with van der Waals surface area (Å²) in [6.45, 7) is 0. The van der Waals surface area contributed by atoms with Crippen LogP contribution < -0.4 is 0 Å². The van der Waals surface area contributed by atoms with Gasteiger partial charge in [-0.05, 0) is 11.1 Å². The van der Waals surface area contributed by atoms with Crippen molar-refractivity contribution < 1.29 is 5.73 Å². The van der Waals surface area contributed by atoms with Gasteiger partial charge in [-0.25, -0.2) is 0 Å². The van der Waals surface area contributed by atoms with Gasteiger partial charge < -0.3 is 0 Å². The van der Waals surface area contributed by atoms with Gasteiger partial charge in [-0.3, -0.25) is 0 Å². The molecule has 0 atom stereocenters. The molecule has 3 heteroatoms. The topological polar surface area (TPSA) is 0 Å². The molecule has 0 aromatic heterocycles. The van der Waals surface area contributed by atoms with Crippen LogP contribution in [0.25, 0.3) is 11.1 Å². The van der Waals surface area contributed by atoms with Crippen LogP contribution in [0.15, 0.2) is 60.7 Å². The third kappa shape index (κ3) is 4.42. The van der Waals surface area contributed by atoms with E-state index < -0.39 is 22.3 Å². The van der Waals surface area contributed by atoms with E-state index in [0.29, 0.717) is 0 Å². The molecule has 0 saturated carbocycles. The van der Waals surface area contributed by atoms with E-state index in [2.05, 4.69) is 48.5 Å². The average Bonchev–Trinajstić information content (AvgIpc) is 2.32. The van der Waals surface area contributed by atoms with Crippen molar-refractivity contribution >= 4 is 22.3 Å². The molecular weight excluding hydrogens is 301 g/mol. The van der Waals surface area contributed by atoms with E-state index in [-0.39, 0.29) is 0 Å². The largest absolute Gasteiger partial charge is 0.0622 e. The first-order valence-corrected chi connectivity index (χ1v) is 7.66. The van der Waals surface area contributed by atoms with Crippen molar-refractivity contribution in [2.75, 3.05) is 0 Å². The van der Waals surface area contributed by atoms with Gasteiger partial charge in [0.1, 0.15) is 0 Å². The van der Waals surface area contributed by atoms with Crippen molar-refractivity contribution in [1.82, 2.24) is 0 Å². The third-order valence-corrected chi connectivity index (χ3v) is 1.88. The van der Waals surface area contributed by atoms with Gasteiger partial charge in [0.05, 0.1) is 0 Å². The molecule has 0 aliphatic heterocycles. The standard InChI is InChI=1S/C12H10.2FH.Sn.2H/c1-3-7-11(8-4-1)12-9-5-2-6-10-12;;;;;/h1-10H;2*1H;;;/q;;;+2;;/p-2. The number of rotatable bonds is 1. The Bertz CT molecular complexity index is 324. The van der Waals surface area contributed by atoms with Crippen molar-refractivity contribution in [1.29, 1.82) is 0 Å². The molecule has 2 aromatic rings. The van der Waals surface area contributed by atoms with Crippen LogP contribution in [0.5, 0.6) is 0 Å². The minimum absolute atomic E-state index is 1.28. The fourth-order valence-corrected chi connectivity index (χ4v) is 1.26. The molecule has 15 heavy (non-hydrogen) atoms. The Labute approximate surface area is 99.7 Å². The maximum atomic E-state index is 9.84. The molecule has 78 valence electrons. The summed E-state index contributed by atoms with van der Waals surface area (Å²) < 4.78 is 19.7. The first-order chi connectivity index (χ1) is 7.38. The van der Waals surface area contributed by atoms with E-state index in [1.165, 1.54) is 11.1 Å². The quantitative estimate of drug-likeness (QED) is 0.709. The Balaban J connectivity index is 0.000000337. The fraction of sp³-hybridized carbons (Fsp3) is 0. The summed E-state index contributed by atoms with van der Waals surface area (Å²) in [6.07, 6.45) is 0. The van der Waals surface area contributed by atoms with Gasteiger partial charge in [-0.1, -0.05) is 60.7 Å². The molecule has 2 rings (SSSR count). The van der Waals surface area contributed by atoms with Gasteiger partial charge >= 0.3 is 28.0 Å². The van der Waals surface area contributed by atoms with Gasteiger partial charge in [0.2, 0.25) is 0 Å². The Kier molecular flexibility index (Phi) is 6.00. The number of hydrogen-bond acceptors (Lipinski definition) is 0. The maximum absolute atomic E-state index is 9.84. The molecule has 0 N–H and O–H groups in total. The van der Waals surface area contributed by atoms with Crippen molar-refractivity contribution in [3.05, 3.63) is 60.7 Å². The van der Waals surface area contributed by atoms with Crippen molar-refractivity contribution in [2.45, 2.75) is 0 Å². The van der Waals surface area contributed by atoms with Crippen LogP contribution in [-0.2, 0) is 0 Å². The molecule has 0 aliphatic rings. The van der Waals surface area contributed by atoms with Crippen molar-refractivity contribution in [3.8, 4) is 11.1 Å². The van der Waals surface area contributed by atoms with Gasteiger partial charge in [0.15, 0.2) is 0 Å². The number of halogens is 2. The molecule has 0 nitrogen and oxygen atoms in total. The Morgan fingerprint density at radius 2 is 0.867 bits per heavy atom. The van der Waals surface area contributed by atoms with Crippen LogP contribution in [0, 0.1) is 0 Å². The molecule has 0 fully saturated rings. The SMILES string of the molecule is [F][SnH2][F].c1ccc(-c2ccccc2)cc1.